The van der Waals surface area contributed by atoms with Crippen LogP contribution in [0.5, 0.6) is 0 Å². The maximum absolute atomic E-state index is 13.1. The molecule has 0 radical (unpaired) electrons. The van der Waals surface area contributed by atoms with Gasteiger partial charge in [0.05, 0.1) is 10.5 Å². The van der Waals surface area contributed by atoms with Crippen LogP contribution in [0.1, 0.15) is 47.0 Å². The van der Waals surface area contributed by atoms with E-state index < -0.39 is 21.7 Å². The molecular weight excluding hydrogens is 453 g/mol. The summed E-state index contributed by atoms with van der Waals surface area (Å²) >= 11 is 1.42. The molecule has 4 rings (SSSR count). The number of thiophene rings is 1. The van der Waals surface area contributed by atoms with Gasteiger partial charge >= 0.3 is 0 Å². The van der Waals surface area contributed by atoms with Gasteiger partial charge in [-0.15, -0.1) is 11.3 Å². The molecule has 3 N–H and O–H groups in total. The minimum Gasteiger partial charge on any atom is -0.365 e. The maximum Gasteiger partial charge on any atom is 0.251 e. The van der Waals surface area contributed by atoms with Crippen LogP contribution >= 0.6 is 11.3 Å². The fraction of sp³-hybridized carbons (Fsp3) is 0.455. The molecule has 1 aromatic heterocycles. The Morgan fingerprint density at radius 1 is 1.16 bits per heavy atom. The number of nitrogens with zero attached hydrogens (tertiary/aromatic N) is 1. The second-order valence-corrected chi connectivity index (χ2v) is 11.6. The molecule has 0 unspecified atom stereocenters. The first-order valence-electron chi connectivity index (χ1n) is 10.7. The number of piperidine rings is 1. The highest BCUT2D eigenvalue weighted by atomic mass is 32.2. The lowest BCUT2D eigenvalue weighted by Gasteiger charge is -2.30. The Morgan fingerprint density at radius 2 is 1.81 bits per heavy atom. The van der Waals surface area contributed by atoms with Crippen LogP contribution < -0.4 is 11.1 Å². The smallest absolute Gasteiger partial charge is 0.251 e. The highest BCUT2D eigenvalue weighted by Gasteiger charge is 2.33. The Kier molecular flexibility index (Phi) is 6.37. The van der Waals surface area contributed by atoms with E-state index >= 15 is 0 Å². The summed E-state index contributed by atoms with van der Waals surface area (Å²) in [5.74, 6) is -1.10. The van der Waals surface area contributed by atoms with Crippen molar-refractivity contribution in [2.45, 2.75) is 43.9 Å². The van der Waals surface area contributed by atoms with Crippen LogP contribution in [0, 0.1) is 17.7 Å². The minimum absolute atomic E-state index is 0.0336. The summed E-state index contributed by atoms with van der Waals surface area (Å²) in [6.07, 6.45) is 3.36. The Labute approximate surface area is 190 Å². The number of sulfonamides is 1. The molecule has 1 saturated heterocycles. The van der Waals surface area contributed by atoms with Crippen molar-refractivity contribution in [3.8, 4) is 0 Å². The topological polar surface area (TPSA) is 110 Å². The Morgan fingerprint density at radius 3 is 2.44 bits per heavy atom. The molecule has 7 nitrogen and oxygen atoms in total. The zero-order valence-electron chi connectivity index (χ0n) is 17.8. The zero-order chi connectivity index (χ0) is 23.0. The molecule has 0 spiro atoms. The van der Waals surface area contributed by atoms with Crippen molar-refractivity contribution < 1.29 is 22.4 Å². The first-order chi connectivity index (χ1) is 15.2. The highest BCUT2D eigenvalue weighted by Crippen LogP contribution is 2.40. The standard InChI is InChI=1S/C22H26FN3O4S2/c1-13-2-7-17-18(12-13)31-22(19(17)20(24)27)25-21(28)14-8-10-26(11-9-14)32(29,30)16-5-3-15(23)4-6-16/h3-6,13-14H,2,7-12H2,1H3,(H2,24,27)(H,25,28)/t13-/m0/s1. The molecule has 1 aliphatic heterocycles. The van der Waals surface area contributed by atoms with E-state index in [1.54, 1.807) is 0 Å². The molecule has 172 valence electrons. The van der Waals surface area contributed by atoms with Crippen molar-refractivity contribution in [1.82, 2.24) is 4.31 Å². The molecular formula is C22H26FN3O4S2. The molecule has 2 amide bonds. The van der Waals surface area contributed by atoms with E-state index in [4.69, 9.17) is 5.73 Å². The van der Waals surface area contributed by atoms with Gasteiger partial charge in [-0.1, -0.05) is 6.92 Å². The number of carbonyl (C=O) groups excluding carboxylic acids is 2. The molecule has 1 aliphatic carbocycles. The van der Waals surface area contributed by atoms with Crippen molar-refractivity contribution in [3.05, 3.63) is 46.1 Å². The number of rotatable bonds is 5. The molecule has 2 aromatic rings. The maximum atomic E-state index is 13.1. The van der Waals surface area contributed by atoms with Gasteiger partial charge in [0.15, 0.2) is 0 Å². The molecule has 0 bridgehead atoms. The number of hydrogen-bond donors (Lipinski definition) is 2. The van der Waals surface area contributed by atoms with Crippen molar-refractivity contribution in [3.63, 3.8) is 0 Å². The second-order valence-electron chi connectivity index (χ2n) is 8.54. The van der Waals surface area contributed by atoms with E-state index in [0.29, 0.717) is 29.3 Å². The molecule has 0 saturated carbocycles. The summed E-state index contributed by atoms with van der Waals surface area (Å²) in [5.41, 5.74) is 7.00. The number of halogens is 1. The van der Waals surface area contributed by atoms with Gasteiger partial charge in [-0.05, 0) is 67.9 Å². The average Bonchev–Trinajstić information content (AvgIpc) is 3.11. The number of nitrogens with two attached hydrogens (primary N) is 1. The lowest BCUT2D eigenvalue weighted by Crippen LogP contribution is -2.41. The Bertz CT molecular complexity index is 1140. The van der Waals surface area contributed by atoms with Crippen molar-refractivity contribution >= 4 is 38.2 Å². The van der Waals surface area contributed by atoms with E-state index in [2.05, 4.69) is 12.2 Å². The number of amides is 2. The lowest BCUT2D eigenvalue weighted by atomic mass is 9.88. The second kappa shape index (κ2) is 8.92. The molecule has 2 aliphatic rings. The molecule has 1 aromatic carbocycles. The number of nitrogens with one attached hydrogen (secondary N) is 1. The van der Waals surface area contributed by atoms with Gasteiger partial charge in [-0.25, -0.2) is 12.8 Å². The van der Waals surface area contributed by atoms with Gasteiger partial charge in [0.25, 0.3) is 5.91 Å². The van der Waals surface area contributed by atoms with Crippen LogP contribution in [0.3, 0.4) is 0 Å². The van der Waals surface area contributed by atoms with Crippen molar-refractivity contribution in [2.75, 3.05) is 18.4 Å². The van der Waals surface area contributed by atoms with Gasteiger partial charge in [0.2, 0.25) is 15.9 Å². The molecule has 1 atom stereocenters. The summed E-state index contributed by atoms with van der Waals surface area (Å²) in [5, 5.41) is 3.40. The summed E-state index contributed by atoms with van der Waals surface area (Å²) < 4.78 is 40.0. The third-order valence-electron chi connectivity index (χ3n) is 6.27. The average molecular weight is 480 g/mol. The van der Waals surface area contributed by atoms with Crippen LogP contribution in [0.25, 0.3) is 0 Å². The molecule has 2 heterocycles. The monoisotopic (exact) mass is 479 g/mol. The predicted octanol–water partition coefficient (Wildman–Crippen LogP) is 3.15. The lowest BCUT2D eigenvalue weighted by molar-refractivity contribution is -0.120. The van der Waals surface area contributed by atoms with Gasteiger partial charge in [0.1, 0.15) is 10.8 Å². The summed E-state index contributed by atoms with van der Waals surface area (Å²) in [6, 6.07) is 4.72. The number of fused-ring (bicyclic) bond motifs is 1. The van der Waals surface area contributed by atoms with Gasteiger partial charge in [-0.2, -0.15) is 4.31 Å². The first kappa shape index (κ1) is 22.9. The minimum atomic E-state index is -3.74. The van der Waals surface area contributed by atoms with E-state index in [9.17, 15) is 22.4 Å². The van der Waals surface area contributed by atoms with Crippen LogP contribution in [-0.2, 0) is 27.7 Å². The van der Waals surface area contributed by atoms with Gasteiger partial charge in [0, 0.05) is 23.9 Å². The third kappa shape index (κ3) is 4.44. The number of benzene rings is 1. The van der Waals surface area contributed by atoms with Crippen LogP contribution in [0.2, 0.25) is 0 Å². The van der Waals surface area contributed by atoms with Crippen LogP contribution in [-0.4, -0.2) is 37.6 Å². The third-order valence-corrected chi connectivity index (χ3v) is 9.35. The van der Waals surface area contributed by atoms with E-state index in [0.717, 1.165) is 41.8 Å². The predicted molar refractivity (Wildman–Crippen MR) is 121 cm³/mol. The fourth-order valence-electron chi connectivity index (χ4n) is 4.43. The van der Waals surface area contributed by atoms with Crippen LogP contribution in [0.15, 0.2) is 29.2 Å². The van der Waals surface area contributed by atoms with Crippen LogP contribution in [0.4, 0.5) is 9.39 Å². The Hall–Kier alpha value is -2.30. The van der Waals surface area contributed by atoms with Crippen molar-refractivity contribution in [2.24, 2.45) is 17.6 Å². The summed E-state index contributed by atoms with van der Waals surface area (Å²) in [7, 11) is -3.74. The fourth-order valence-corrected chi connectivity index (χ4v) is 7.32. The quantitative estimate of drug-likeness (QED) is 0.686. The zero-order valence-corrected chi connectivity index (χ0v) is 19.4. The number of anilines is 1. The number of hydrogen-bond acceptors (Lipinski definition) is 5. The molecule has 1 fully saturated rings. The highest BCUT2D eigenvalue weighted by molar-refractivity contribution is 7.89. The van der Waals surface area contributed by atoms with Gasteiger partial charge < -0.3 is 11.1 Å². The van der Waals surface area contributed by atoms with Gasteiger partial charge in [-0.3, -0.25) is 9.59 Å². The molecule has 10 heteroatoms. The summed E-state index contributed by atoms with van der Waals surface area (Å²) in [6.45, 7) is 2.55. The summed E-state index contributed by atoms with van der Waals surface area (Å²) in [4.78, 5) is 26.1. The van der Waals surface area contributed by atoms with E-state index in [1.165, 1.54) is 27.8 Å². The Balaban J connectivity index is 1.43. The normalized spacial score (nSPS) is 20.0. The van der Waals surface area contributed by atoms with E-state index in [-0.39, 0.29) is 29.8 Å². The number of primary amides is 1. The number of carbonyl (C=O) groups is 2. The van der Waals surface area contributed by atoms with E-state index in [1.807, 2.05) is 0 Å². The van der Waals surface area contributed by atoms with Crippen molar-refractivity contribution in [1.29, 1.82) is 0 Å². The SMILES string of the molecule is C[C@H]1CCc2c(sc(NC(=O)C3CCN(S(=O)(=O)c4ccc(F)cc4)CC3)c2C(N)=O)C1. The molecule has 32 heavy (non-hydrogen) atoms. The first-order valence-corrected chi connectivity index (χ1v) is 12.9. The largest absolute Gasteiger partial charge is 0.365 e.